The molecule has 2 N–H and O–H groups in total. The summed E-state index contributed by atoms with van der Waals surface area (Å²) in [5, 5.41) is 0.996. The Labute approximate surface area is 130 Å². The summed E-state index contributed by atoms with van der Waals surface area (Å²) in [6, 6.07) is 3.93. The Hall–Kier alpha value is -3.00. The molecule has 8 heteroatoms. The fourth-order valence-electron chi connectivity index (χ4n) is 2.53. The Morgan fingerprint density at radius 1 is 1.26 bits per heavy atom. The van der Waals surface area contributed by atoms with Gasteiger partial charge in [-0.2, -0.15) is 0 Å². The number of rotatable bonds is 4. The topological polar surface area (TPSA) is 101 Å². The van der Waals surface area contributed by atoms with Crippen molar-refractivity contribution < 1.29 is 4.74 Å². The van der Waals surface area contributed by atoms with Crippen molar-refractivity contribution in [3.8, 4) is 11.3 Å². The van der Waals surface area contributed by atoms with Gasteiger partial charge in [-0.1, -0.05) is 0 Å². The van der Waals surface area contributed by atoms with E-state index in [1.807, 2.05) is 18.3 Å². The third-order valence-corrected chi connectivity index (χ3v) is 3.70. The quantitative estimate of drug-likeness (QED) is 0.592. The molecule has 0 aliphatic rings. The second-order valence-corrected chi connectivity index (χ2v) is 5.14. The predicted molar refractivity (Wildman–Crippen MR) is 85.1 cm³/mol. The molecular formula is C15H14N6O2. The summed E-state index contributed by atoms with van der Waals surface area (Å²) in [5.74, 6) is 0. The van der Waals surface area contributed by atoms with Gasteiger partial charge in [0.05, 0.1) is 25.0 Å². The van der Waals surface area contributed by atoms with Crippen LogP contribution >= 0.6 is 0 Å². The van der Waals surface area contributed by atoms with Crippen LogP contribution in [0.5, 0.6) is 0 Å². The number of imidazole rings is 1. The Morgan fingerprint density at radius 2 is 2.13 bits per heavy atom. The summed E-state index contributed by atoms with van der Waals surface area (Å²) in [6.45, 7) is 0.845. The summed E-state index contributed by atoms with van der Waals surface area (Å²) in [6.07, 6.45) is 5.21. The Bertz CT molecular complexity index is 1040. The number of hydrogen-bond donors (Lipinski definition) is 2. The van der Waals surface area contributed by atoms with Gasteiger partial charge < -0.3 is 9.72 Å². The lowest BCUT2D eigenvalue weighted by atomic mass is 10.2. The highest BCUT2D eigenvalue weighted by molar-refractivity contribution is 5.81. The average molecular weight is 310 g/mol. The SMILES string of the molecule is COCCn1c(=O)[nH]c2ncc(-c3cnc4[nH]ccc4c3)nc21. The minimum absolute atomic E-state index is 0.242. The van der Waals surface area contributed by atoms with E-state index in [0.717, 1.165) is 16.6 Å². The monoisotopic (exact) mass is 310 g/mol. The van der Waals surface area contributed by atoms with Crippen LogP contribution in [0.15, 0.2) is 35.5 Å². The van der Waals surface area contributed by atoms with Crippen LogP contribution in [0, 0.1) is 0 Å². The minimum Gasteiger partial charge on any atom is -0.383 e. The lowest BCUT2D eigenvalue weighted by Crippen LogP contribution is -2.19. The number of pyridine rings is 1. The van der Waals surface area contributed by atoms with Gasteiger partial charge in [0.1, 0.15) is 5.65 Å². The number of aromatic nitrogens is 6. The molecule has 0 radical (unpaired) electrons. The van der Waals surface area contributed by atoms with E-state index < -0.39 is 0 Å². The second kappa shape index (κ2) is 5.33. The van der Waals surface area contributed by atoms with E-state index in [9.17, 15) is 4.79 Å². The van der Waals surface area contributed by atoms with Crippen LogP contribution in [-0.2, 0) is 11.3 Å². The Kier molecular flexibility index (Phi) is 3.16. The number of aromatic amines is 2. The van der Waals surface area contributed by atoms with E-state index in [-0.39, 0.29) is 5.69 Å². The number of ether oxygens (including phenoxy) is 1. The molecule has 0 amide bonds. The molecule has 0 saturated carbocycles. The van der Waals surface area contributed by atoms with E-state index >= 15 is 0 Å². The van der Waals surface area contributed by atoms with E-state index in [1.54, 1.807) is 19.5 Å². The van der Waals surface area contributed by atoms with Crippen molar-refractivity contribution >= 4 is 22.3 Å². The van der Waals surface area contributed by atoms with Crippen molar-refractivity contribution in [3.63, 3.8) is 0 Å². The standard InChI is InChI=1S/C15H14N6O2/c1-23-5-4-21-14-13(20-15(21)22)18-8-11(19-14)10-6-9-2-3-16-12(9)17-7-10/h2-3,6-8H,4-5H2,1H3,(H,16,17)(H,18,20,22). The van der Waals surface area contributed by atoms with Gasteiger partial charge in [-0.25, -0.2) is 19.7 Å². The number of fused-ring (bicyclic) bond motifs is 2. The van der Waals surface area contributed by atoms with E-state index in [1.165, 1.54) is 4.57 Å². The van der Waals surface area contributed by atoms with Crippen LogP contribution < -0.4 is 5.69 Å². The first-order valence-electron chi connectivity index (χ1n) is 7.14. The van der Waals surface area contributed by atoms with Crippen LogP contribution in [0.25, 0.3) is 33.6 Å². The van der Waals surface area contributed by atoms with Gasteiger partial charge in [-0.3, -0.25) is 9.55 Å². The molecule has 0 aliphatic heterocycles. The lowest BCUT2D eigenvalue weighted by molar-refractivity contribution is 0.187. The molecule has 0 saturated heterocycles. The van der Waals surface area contributed by atoms with Crippen molar-refractivity contribution in [3.05, 3.63) is 41.2 Å². The number of hydrogen-bond acceptors (Lipinski definition) is 5. The molecular weight excluding hydrogens is 296 g/mol. The van der Waals surface area contributed by atoms with Crippen LogP contribution in [0.2, 0.25) is 0 Å². The highest BCUT2D eigenvalue weighted by Crippen LogP contribution is 2.21. The van der Waals surface area contributed by atoms with Crippen molar-refractivity contribution in [1.29, 1.82) is 0 Å². The van der Waals surface area contributed by atoms with Gasteiger partial charge in [0.2, 0.25) is 0 Å². The maximum absolute atomic E-state index is 12.0. The van der Waals surface area contributed by atoms with Gasteiger partial charge in [0.15, 0.2) is 11.3 Å². The lowest BCUT2D eigenvalue weighted by Gasteiger charge is -2.03. The van der Waals surface area contributed by atoms with Crippen LogP contribution in [0.3, 0.4) is 0 Å². The molecule has 0 spiro atoms. The first-order chi connectivity index (χ1) is 11.3. The van der Waals surface area contributed by atoms with Gasteiger partial charge in [-0.05, 0) is 12.1 Å². The van der Waals surface area contributed by atoms with Gasteiger partial charge >= 0.3 is 5.69 Å². The molecule has 0 aromatic carbocycles. The first kappa shape index (κ1) is 13.6. The predicted octanol–water partition coefficient (Wildman–Crippen LogP) is 1.31. The summed E-state index contributed by atoms with van der Waals surface area (Å²) in [5.41, 5.74) is 3.07. The molecule has 4 heterocycles. The zero-order chi connectivity index (χ0) is 15.8. The maximum atomic E-state index is 12.0. The summed E-state index contributed by atoms with van der Waals surface area (Å²) in [7, 11) is 1.59. The van der Waals surface area contributed by atoms with E-state index in [0.29, 0.717) is 30.1 Å². The highest BCUT2D eigenvalue weighted by atomic mass is 16.5. The summed E-state index contributed by atoms with van der Waals surface area (Å²) in [4.78, 5) is 31.0. The molecule has 4 rings (SSSR count). The zero-order valence-electron chi connectivity index (χ0n) is 12.4. The van der Waals surface area contributed by atoms with Gasteiger partial charge in [0, 0.05) is 30.5 Å². The van der Waals surface area contributed by atoms with Crippen molar-refractivity contribution in [2.45, 2.75) is 6.54 Å². The average Bonchev–Trinajstić information content (AvgIpc) is 3.15. The number of H-pyrrole nitrogens is 2. The minimum atomic E-state index is -0.242. The number of methoxy groups -OCH3 is 1. The molecule has 23 heavy (non-hydrogen) atoms. The molecule has 8 nitrogen and oxygen atoms in total. The smallest absolute Gasteiger partial charge is 0.328 e. The maximum Gasteiger partial charge on any atom is 0.328 e. The fourth-order valence-corrected chi connectivity index (χ4v) is 2.53. The van der Waals surface area contributed by atoms with E-state index in [4.69, 9.17) is 4.74 Å². The van der Waals surface area contributed by atoms with Gasteiger partial charge in [-0.15, -0.1) is 0 Å². The van der Waals surface area contributed by atoms with Crippen LogP contribution in [0.1, 0.15) is 0 Å². The largest absolute Gasteiger partial charge is 0.383 e. The normalized spacial score (nSPS) is 11.5. The van der Waals surface area contributed by atoms with Crippen molar-refractivity contribution in [2.24, 2.45) is 0 Å². The van der Waals surface area contributed by atoms with Crippen molar-refractivity contribution in [2.75, 3.05) is 13.7 Å². The molecule has 0 unspecified atom stereocenters. The fraction of sp³-hybridized carbons (Fsp3) is 0.200. The molecule has 116 valence electrons. The highest BCUT2D eigenvalue weighted by Gasteiger charge is 2.11. The Morgan fingerprint density at radius 3 is 3.00 bits per heavy atom. The molecule has 0 bridgehead atoms. The summed E-state index contributed by atoms with van der Waals surface area (Å²) >= 11 is 0. The van der Waals surface area contributed by atoms with Crippen LogP contribution in [-0.4, -0.2) is 43.2 Å². The van der Waals surface area contributed by atoms with E-state index in [2.05, 4.69) is 24.9 Å². The Balaban J connectivity index is 1.85. The molecule has 0 aliphatic carbocycles. The van der Waals surface area contributed by atoms with Gasteiger partial charge in [0.25, 0.3) is 0 Å². The van der Waals surface area contributed by atoms with Crippen LogP contribution in [0.4, 0.5) is 0 Å². The third-order valence-electron chi connectivity index (χ3n) is 3.70. The van der Waals surface area contributed by atoms with Crippen molar-refractivity contribution in [1.82, 2.24) is 29.5 Å². The second-order valence-electron chi connectivity index (χ2n) is 5.14. The third kappa shape index (κ3) is 2.29. The zero-order valence-corrected chi connectivity index (χ0v) is 12.4. The molecule has 4 aromatic rings. The summed E-state index contributed by atoms with van der Waals surface area (Å²) < 4.78 is 6.56. The first-order valence-corrected chi connectivity index (χ1v) is 7.14. The molecule has 0 fully saturated rings. The molecule has 4 aromatic heterocycles. The molecule has 0 atom stereocenters. The number of nitrogens with zero attached hydrogens (tertiary/aromatic N) is 4. The number of nitrogens with one attached hydrogen (secondary N) is 2.